The van der Waals surface area contributed by atoms with Gasteiger partial charge >= 0.3 is 0 Å². The number of likely N-dealkylation sites (N-methyl/N-ethyl adjacent to an activating group) is 1. The number of carbonyl (C=O) groups excluding carboxylic acids is 1. The van der Waals surface area contributed by atoms with E-state index in [0.29, 0.717) is 28.9 Å². The lowest BCUT2D eigenvalue weighted by molar-refractivity contribution is -0.132. The third-order valence-electron chi connectivity index (χ3n) is 6.34. The van der Waals surface area contributed by atoms with Crippen LogP contribution in [0.1, 0.15) is 5.69 Å². The second-order valence-corrected chi connectivity index (χ2v) is 9.14. The van der Waals surface area contributed by atoms with Gasteiger partial charge in [0.25, 0.3) is 0 Å². The van der Waals surface area contributed by atoms with Gasteiger partial charge in [-0.05, 0) is 26.1 Å². The molecule has 2 fully saturated rings. The van der Waals surface area contributed by atoms with Gasteiger partial charge in [-0.25, -0.2) is 0 Å². The second-order valence-electron chi connectivity index (χ2n) is 8.36. The van der Waals surface area contributed by atoms with Gasteiger partial charge in [-0.1, -0.05) is 23.2 Å². The molecule has 1 aromatic heterocycles. The van der Waals surface area contributed by atoms with Crippen molar-refractivity contribution in [2.75, 3.05) is 76.3 Å². The molecule has 32 heavy (non-hydrogen) atoms. The van der Waals surface area contributed by atoms with Crippen molar-refractivity contribution in [3.8, 4) is 5.75 Å². The van der Waals surface area contributed by atoms with Gasteiger partial charge in [-0.2, -0.15) is 5.10 Å². The van der Waals surface area contributed by atoms with Gasteiger partial charge in [-0.15, -0.1) is 0 Å². The Morgan fingerprint density at radius 2 is 1.69 bits per heavy atom. The van der Waals surface area contributed by atoms with E-state index >= 15 is 0 Å². The first-order chi connectivity index (χ1) is 15.4. The lowest BCUT2D eigenvalue weighted by Gasteiger charge is -2.36. The number of benzene rings is 1. The summed E-state index contributed by atoms with van der Waals surface area (Å²) in [7, 11) is 3.73. The normalized spacial score (nSPS) is 17.7. The Bertz CT molecular complexity index is 966. The smallest absolute Gasteiger partial charge is 0.244 e. The van der Waals surface area contributed by atoms with Gasteiger partial charge in [0.05, 0.1) is 17.8 Å². The van der Waals surface area contributed by atoms with E-state index in [4.69, 9.17) is 33.0 Å². The highest BCUT2D eigenvalue weighted by atomic mass is 35.5. The van der Waals surface area contributed by atoms with Crippen LogP contribution < -0.4 is 14.5 Å². The predicted octanol–water partition coefficient (Wildman–Crippen LogP) is 2.61. The lowest BCUT2D eigenvalue weighted by atomic mass is 10.2. The molecule has 4 rings (SSSR count). The molecule has 0 unspecified atom stereocenters. The second kappa shape index (κ2) is 9.77. The number of ether oxygens (including phenoxy) is 1. The number of carbonyl (C=O) groups is 1. The zero-order valence-electron chi connectivity index (χ0n) is 18.9. The Morgan fingerprint density at radius 1 is 1.03 bits per heavy atom. The number of amides is 1. The fourth-order valence-electron chi connectivity index (χ4n) is 4.17. The molecule has 8 nitrogen and oxygen atoms in total. The minimum absolute atomic E-state index is 0.0607. The Morgan fingerprint density at radius 3 is 2.34 bits per heavy atom. The van der Waals surface area contributed by atoms with E-state index in [1.165, 1.54) is 0 Å². The van der Waals surface area contributed by atoms with Gasteiger partial charge in [-0.3, -0.25) is 9.48 Å². The fraction of sp³-hybridized carbons (Fsp3) is 0.545. The molecule has 0 radical (unpaired) electrons. The van der Waals surface area contributed by atoms with E-state index in [2.05, 4.69) is 21.7 Å². The van der Waals surface area contributed by atoms with Crippen LogP contribution in [0.4, 0.5) is 11.5 Å². The average Bonchev–Trinajstić information content (AvgIpc) is 3.08. The molecule has 0 bridgehead atoms. The number of hydrogen-bond acceptors (Lipinski definition) is 6. The van der Waals surface area contributed by atoms with E-state index in [1.54, 1.807) is 11.8 Å². The number of aromatic nitrogens is 2. The van der Waals surface area contributed by atoms with Crippen molar-refractivity contribution in [2.45, 2.75) is 13.5 Å². The summed E-state index contributed by atoms with van der Waals surface area (Å²) in [6, 6.07) is 5.77. The van der Waals surface area contributed by atoms with Crippen molar-refractivity contribution >= 4 is 40.6 Å². The number of hydrogen-bond donors (Lipinski definition) is 0. The lowest BCUT2D eigenvalue weighted by Crippen LogP contribution is -2.49. The summed E-state index contributed by atoms with van der Waals surface area (Å²) >= 11 is 12.7. The monoisotopic (exact) mass is 480 g/mol. The van der Waals surface area contributed by atoms with E-state index in [9.17, 15) is 4.79 Å². The highest BCUT2D eigenvalue weighted by Gasteiger charge is 2.26. The molecule has 10 heteroatoms. The Balaban J connectivity index is 1.37. The summed E-state index contributed by atoms with van der Waals surface area (Å²) in [5, 5.41) is 5.92. The summed E-state index contributed by atoms with van der Waals surface area (Å²) in [5.41, 5.74) is 1.88. The van der Waals surface area contributed by atoms with Crippen LogP contribution in [0.2, 0.25) is 10.0 Å². The highest BCUT2D eigenvalue weighted by Crippen LogP contribution is 2.30. The maximum atomic E-state index is 13.0. The molecule has 0 saturated carbocycles. The largest absolute Gasteiger partial charge is 0.495 e. The molecular formula is C22H30Cl2N6O2. The summed E-state index contributed by atoms with van der Waals surface area (Å²) < 4.78 is 7.07. The number of piperazine rings is 2. The topological polar surface area (TPSA) is 57.1 Å². The van der Waals surface area contributed by atoms with Crippen LogP contribution in [0, 0.1) is 6.92 Å². The molecule has 0 N–H and O–H groups in total. The van der Waals surface area contributed by atoms with Gasteiger partial charge in [0, 0.05) is 64.1 Å². The van der Waals surface area contributed by atoms with Crippen LogP contribution in [-0.4, -0.2) is 92.0 Å². The molecule has 1 amide bonds. The Hall–Kier alpha value is -2.16. The number of methoxy groups -OCH3 is 1. The van der Waals surface area contributed by atoms with E-state index in [-0.39, 0.29) is 12.5 Å². The van der Waals surface area contributed by atoms with Crippen LogP contribution in [0.3, 0.4) is 0 Å². The van der Waals surface area contributed by atoms with Crippen molar-refractivity contribution in [1.29, 1.82) is 0 Å². The minimum Gasteiger partial charge on any atom is -0.495 e. The number of halogens is 2. The molecule has 3 heterocycles. The molecule has 2 aromatic rings. The third kappa shape index (κ3) is 4.77. The molecule has 0 atom stereocenters. The standard InChI is InChI=1S/C22H30Cl2N6O2/c1-16-21(24)22(29-8-6-26(2)7-9-29)25-30(16)15-20(31)28-12-10-27(11-13-28)17-4-5-18(23)19(14-17)32-3/h4-5,14H,6-13,15H2,1-3H3. The zero-order chi connectivity index (χ0) is 22.8. The van der Waals surface area contributed by atoms with Gasteiger partial charge in [0.2, 0.25) is 5.91 Å². The first kappa shape index (κ1) is 23.0. The molecule has 2 aliphatic heterocycles. The van der Waals surface area contributed by atoms with Crippen LogP contribution in [0.5, 0.6) is 5.75 Å². The van der Waals surface area contributed by atoms with Gasteiger partial charge in [0.1, 0.15) is 17.3 Å². The maximum Gasteiger partial charge on any atom is 0.244 e. The molecular weight excluding hydrogens is 451 g/mol. The maximum absolute atomic E-state index is 13.0. The van der Waals surface area contributed by atoms with Gasteiger partial charge in [0.15, 0.2) is 5.82 Å². The molecule has 1 aromatic carbocycles. The van der Waals surface area contributed by atoms with Crippen molar-refractivity contribution in [3.63, 3.8) is 0 Å². The van der Waals surface area contributed by atoms with Crippen LogP contribution in [-0.2, 0) is 11.3 Å². The quantitative estimate of drug-likeness (QED) is 0.655. The number of nitrogens with zero attached hydrogens (tertiary/aromatic N) is 6. The predicted molar refractivity (Wildman–Crippen MR) is 128 cm³/mol. The number of rotatable bonds is 5. The van der Waals surface area contributed by atoms with Crippen LogP contribution in [0.25, 0.3) is 0 Å². The van der Waals surface area contributed by atoms with Gasteiger partial charge < -0.3 is 24.3 Å². The first-order valence-electron chi connectivity index (χ1n) is 10.9. The Labute approximate surface area is 199 Å². The summed E-state index contributed by atoms with van der Waals surface area (Å²) in [4.78, 5) is 21.6. The van der Waals surface area contributed by atoms with Crippen molar-refractivity contribution in [2.24, 2.45) is 0 Å². The SMILES string of the molecule is COc1cc(N2CCN(C(=O)Cn3nc(N4CCN(C)CC4)c(Cl)c3C)CC2)ccc1Cl. The van der Waals surface area contributed by atoms with Crippen molar-refractivity contribution in [1.82, 2.24) is 19.6 Å². The Kier molecular flexibility index (Phi) is 7.02. The van der Waals surface area contributed by atoms with E-state index in [1.807, 2.05) is 30.0 Å². The highest BCUT2D eigenvalue weighted by molar-refractivity contribution is 6.33. The third-order valence-corrected chi connectivity index (χ3v) is 7.09. The summed E-state index contributed by atoms with van der Waals surface area (Å²) in [6.07, 6.45) is 0. The van der Waals surface area contributed by atoms with Crippen LogP contribution >= 0.6 is 23.2 Å². The van der Waals surface area contributed by atoms with Crippen LogP contribution in [0.15, 0.2) is 18.2 Å². The van der Waals surface area contributed by atoms with E-state index in [0.717, 1.165) is 56.5 Å². The summed E-state index contributed by atoms with van der Waals surface area (Å²) in [6.45, 7) is 8.67. The van der Waals surface area contributed by atoms with Crippen molar-refractivity contribution < 1.29 is 9.53 Å². The molecule has 2 aliphatic rings. The van der Waals surface area contributed by atoms with Crippen molar-refractivity contribution in [3.05, 3.63) is 33.9 Å². The number of anilines is 2. The van der Waals surface area contributed by atoms with E-state index < -0.39 is 0 Å². The zero-order valence-corrected chi connectivity index (χ0v) is 20.4. The molecule has 174 valence electrons. The summed E-state index contributed by atoms with van der Waals surface area (Å²) in [5.74, 6) is 1.50. The molecule has 0 spiro atoms. The molecule has 0 aliphatic carbocycles. The molecule has 2 saturated heterocycles. The average molecular weight is 481 g/mol. The minimum atomic E-state index is 0.0607. The fourth-order valence-corrected chi connectivity index (χ4v) is 4.62. The first-order valence-corrected chi connectivity index (χ1v) is 11.7.